The van der Waals surface area contributed by atoms with Gasteiger partial charge in [0.05, 0.1) is 18.0 Å². The van der Waals surface area contributed by atoms with E-state index >= 15 is 0 Å². The summed E-state index contributed by atoms with van der Waals surface area (Å²) in [7, 11) is 0. The number of hydrogen-bond donors (Lipinski definition) is 0. The Morgan fingerprint density at radius 2 is 1.84 bits per heavy atom. The Hall–Kier alpha value is -2.10. The van der Waals surface area contributed by atoms with Crippen LogP contribution in [0.5, 0.6) is 0 Å². The van der Waals surface area contributed by atoms with Crippen LogP contribution in [0.1, 0.15) is 34.2 Å². The second-order valence-corrected chi connectivity index (χ2v) is 4.53. The fourth-order valence-corrected chi connectivity index (χ4v) is 1.92. The number of esters is 1. The summed E-state index contributed by atoms with van der Waals surface area (Å²) in [5.41, 5.74) is 4.23. The lowest BCUT2D eigenvalue weighted by atomic mass is 10.2. The van der Waals surface area contributed by atoms with Crippen molar-refractivity contribution >= 4 is 5.97 Å². The highest BCUT2D eigenvalue weighted by molar-refractivity contribution is 5.90. The molecule has 1 heterocycles. The molecule has 0 bridgehead atoms. The summed E-state index contributed by atoms with van der Waals surface area (Å²) in [5, 5.41) is 4.43. The molecule has 0 N–H and O–H groups in total. The molecule has 0 aliphatic carbocycles. The SMILES string of the molecule is CCOC(=O)c1c(C)c(C)nn1-c1ccc(C)cc1. The van der Waals surface area contributed by atoms with Crippen molar-refractivity contribution in [2.45, 2.75) is 27.7 Å². The minimum Gasteiger partial charge on any atom is -0.461 e. The molecule has 0 spiro atoms. The van der Waals surface area contributed by atoms with Gasteiger partial charge in [0.2, 0.25) is 0 Å². The average molecular weight is 258 g/mol. The van der Waals surface area contributed by atoms with Gasteiger partial charge in [-0.3, -0.25) is 0 Å². The van der Waals surface area contributed by atoms with E-state index in [0.717, 1.165) is 16.9 Å². The molecule has 1 aromatic heterocycles. The highest BCUT2D eigenvalue weighted by Crippen LogP contribution is 2.19. The number of carbonyl (C=O) groups excluding carboxylic acids is 1. The van der Waals surface area contributed by atoms with Crippen molar-refractivity contribution in [3.63, 3.8) is 0 Å². The molecule has 2 aromatic rings. The van der Waals surface area contributed by atoms with Crippen LogP contribution >= 0.6 is 0 Å². The lowest BCUT2D eigenvalue weighted by molar-refractivity contribution is 0.0515. The monoisotopic (exact) mass is 258 g/mol. The van der Waals surface area contributed by atoms with Crippen molar-refractivity contribution in [1.82, 2.24) is 9.78 Å². The first-order chi connectivity index (χ1) is 9.04. The topological polar surface area (TPSA) is 44.1 Å². The third-order valence-electron chi connectivity index (χ3n) is 3.11. The Balaban J connectivity index is 2.54. The Kier molecular flexibility index (Phi) is 3.69. The van der Waals surface area contributed by atoms with Gasteiger partial charge in [-0.05, 0) is 39.8 Å². The van der Waals surface area contributed by atoms with E-state index in [-0.39, 0.29) is 5.97 Å². The smallest absolute Gasteiger partial charge is 0.357 e. The van der Waals surface area contributed by atoms with Gasteiger partial charge < -0.3 is 4.74 Å². The number of aromatic nitrogens is 2. The van der Waals surface area contributed by atoms with Crippen molar-refractivity contribution in [1.29, 1.82) is 0 Å². The first kappa shape index (κ1) is 13.3. The second-order valence-electron chi connectivity index (χ2n) is 4.53. The van der Waals surface area contributed by atoms with Gasteiger partial charge >= 0.3 is 5.97 Å². The molecule has 100 valence electrons. The van der Waals surface area contributed by atoms with E-state index in [1.54, 1.807) is 11.6 Å². The summed E-state index contributed by atoms with van der Waals surface area (Å²) in [6, 6.07) is 7.89. The number of carbonyl (C=O) groups is 1. The van der Waals surface area contributed by atoms with Crippen molar-refractivity contribution in [2.75, 3.05) is 6.61 Å². The second kappa shape index (κ2) is 5.26. The van der Waals surface area contributed by atoms with Gasteiger partial charge in [-0.15, -0.1) is 0 Å². The van der Waals surface area contributed by atoms with Gasteiger partial charge in [0.15, 0.2) is 5.69 Å². The lowest BCUT2D eigenvalue weighted by Gasteiger charge is -2.08. The maximum absolute atomic E-state index is 12.1. The Bertz CT molecular complexity index is 597. The predicted octanol–water partition coefficient (Wildman–Crippen LogP) is 2.97. The molecule has 0 fully saturated rings. The molecule has 0 aliphatic rings. The number of hydrogen-bond acceptors (Lipinski definition) is 3. The molecule has 0 saturated heterocycles. The van der Waals surface area contributed by atoms with Gasteiger partial charge in [0.25, 0.3) is 0 Å². The van der Waals surface area contributed by atoms with Gasteiger partial charge in [-0.1, -0.05) is 17.7 Å². The molecule has 4 nitrogen and oxygen atoms in total. The van der Waals surface area contributed by atoms with Crippen LogP contribution in [0, 0.1) is 20.8 Å². The summed E-state index contributed by atoms with van der Waals surface area (Å²) < 4.78 is 6.76. The predicted molar refractivity (Wildman–Crippen MR) is 73.7 cm³/mol. The van der Waals surface area contributed by atoms with Crippen LogP contribution in [0.2, 0.25) is 0 Å². The Labute approximate surface area is 113 Å². The van der Waals surface area contributed by atoms with E-state index in [0.29, 0.717) is 12.3 Å². The molecule has 0 aliphatic heterocycles. The molecule has 4 heteroatoms. The van der Waals surface area contributed by atoms with Crippen molar-refractivity contribution in [3.8, 4) is 5.69 Å². The molecule has 0 saturated carbocycles. The molecule has 1 aromatic carbocycles. The minimum atomic E-state index is -0.332. The van der Waals surface area contributed by atoms with Crippen molar-refractivity contribution in [3.05, 3.63) is 46.8 Å². The maximum atomic E-state index is 12.1. The first-order valence-electron chi connectivity index (χ1n) is 6.35. The first-order valence-corrected chi connectivity index (χ1v) is 6.35. The van der Waals surface area contributed by atoms with Gasteiger partial charge in [-0.25, -0.2) is 9.48 Å². The molecule has 0 unspecified atom stereocenters. The number of nitrogens with zero attached hydrogens (tertiary/aromatic N) is 2. The molecule has 0 atom stereocenters. The zero-order valence-electron chi connectivity index (χ0n) is 11.7. The van der Waals surface area contributed by atoms with Crippen LogP contribution in [0.3, 0.4) is 0 Å². The van der Waals surface area contributed by atoms with Gasteiger partial charge in [0, 0.05) is 5.56 Å². The highest BCUT2D eigenvalue weighted by atomic mass is 16.5. The maximum Gasteiger partial charge on any atom is 0.357 e. The number of aryl methyl sites for hydroxylation is 2. The number of benzene rings is 1. The molecule has 19 heavy (non-hydrogen) atoms. The van der Waals surface area contributed by atoms with Crippen molar-refractivity contribution in [2.24, 2.45) is 0 Å². The normalized spacial score (nSPS) is 10.5. The van der Waals surface area contributed by atoms with Gasteiger partial charge in [0.1, 0.15) is 0 Å². The largest absolute Gasteiger partial charge is 0.461 e. The Morgan fingerprint density at radius 3 is 2.42 bits per heavy atom. The van der Waals surface area contributed by atoms with E-state index in [1.807, 2.05) is 45.0 Å². The van der Waals surface area contributed by atoms with E-state index in [2.05, 4.69) is 5.10 Å². The summed E-state index contributed by atoms with van der Waals surface area (Å²) >= 11 is 0. The zero-order chi connectivity index (χ0) is 14.0. The molecular weight excluding hydrogens is 240 g/mol. The highest BCUT2D eigenvalue weighted by Gasteiger charge is 2.20. The fourth-order valence-electron chi connectivity index (χ4n) is 1.92. The lowest BCUT2D eigenvalue weighted by Crippen LogP contribution is -2.13. The average Bonchev–Trinajstić information content (AvgIpc) is 2.67. The molecule has 0 radical (unpaired) electrons. The third kappa shape index (κ3) is 2.52. The van der Waals surface area contributed by atoms with E-state index in [4.69, 9.17) is 4.74 Å². The minimum absolute atomic E-state index is 0.332. The standard InChI is InChI=1S/C15H18N2O2/c1-5-19-15(18)14-11(3)12(4)16-17(14)13-8-6-10(2)7-9-13/h6-9H,5H2,1-4H3. The zero-order valence-corrected chi connectivity index (χ0v) is 11.7. The summed E-state index contributed by atoms with van der Waals surface area (Å²) in [4.78, 5) is 12.1. The fraction of sp³-hybridized carbons (Fsp3) is 0.333. The Morgan fingerprint density at radius 1 is 1.21 bits per heavy atom. The van der Waals surface area contributed by atoms with Crippen LogP contribution in [0.25, 0.3) is 5.69 Å². The van der Waals surface area contributed by atoms with Crippen LogP contribution in [-0.2, 0) is 4.74 Å². The molecular formula is C15H18N2O2. The van der Waals surface area contributed by atoms with Crippen LogP contribution in [0.15, 0.2) is 24.3 Å². The van der Waals surface area contributed by atoms with Crippen molar-refractivity contribution < 1.29 is 9.53 Å². The van der Waals surface area contributed by atoms with E-state index < -0.39 is 0 Å². The summed E-state index contributed by atoms with van der Waals surface area (Å²) in [6.07, 6.45) is 0. The molecule has 2 rings (SSSR count). The van der Waals surface area contributed by atoms with Gasteiger partial charge in [-0.2, -0.15) is 5.10 Å². The quantitative estimate of drug-likeness (QED) is 0.795. The van der Waals surface area contributed by atoms with E-state index in [1.165, 1.54) is 5.56 Å². The van der Waals surface area contributed by atoms with E-state index in [9.17, 15) is 4.79 Å². The molecule has 0 amide bonds. The third-order valence-corrected chi connectivity index (χ3v) is 3.11. The van der Waals surface area contributed by atoms with Crippen LogP contribution in [0.4, 0.5) is 0 Å². The van der Waals surface area contributed by atoms with Crippen LogP contribution in [-0.4, -0.2) is 22.4 Å². The summed E-state index contributed by atoms with van der Waals surface area (Å²) in [5.74, 6) is -0.332. The number of rotatable bonds is 3. The number of ether oxygens (including phenoxy) is 1. The van der Waals surface area contributed by atoms with Crippen LogP contribution < -0.4 is 0 Å². The summed E-state index contributed by atoms with van der Waals surface area (Å²) in [6.45, 7) is 7.96.